The van der Waals surface area contributed by atoms with Gasteiger partial charge in [-0.25, -0.2) is 4.98 Å². The first-order valence-corrected chi connectivity index (χ1v) is 6.68. The van der Waals surface area contributed by atoms with Crippen molar-refractivity contribution in [2.45, 2.75) is 25.8 Å². The number of hydrogen-bond acceptors (Lipinski definition) is 4. The summed E-state index contributed by atoms with van der Waals surface area (Å²) in [6.45, 7) is 1.94. The summed E-state index contributed by atoms with van der Waals surface area (Å²) < 4.78 is 5.25. The second-order valence-corrected chi connectivity index (χ2v) is 4.99. The number of anilines is 1. The first-order chi connectivity index (χ1) is 9.56. The molecular formula is C14H16ClN3O2. The maximum atomic E-state index is 12.0. The van der Waals surface area contributed by atoms with Crippen molar-refractivity contribution in [1.29, 1.82) is 0 Å². The van der Waals surface area contributed by atoms with Gasteiger partial charge in [0.2, 0.25) is 0 Å². The van der Waals surface area contributed by atoms with Gasteiger partial charge in [-0.15, -0.1) is 0 Å². The number of nitrogens with two attached hydrogens (primary N) is 1. The minimum Gasteiger partial charge on any atom is -0.469 e. The van der Waals surface area contributed by atoms with E-state index in [0.29, 0.717) is 5.56 Å². The molecule has 2 rings (SSSR count). The topological polar surface area (TPSA) is 81.2 Å². The van der Waals surface area contributed by atoms with E-state index in [0.717, 1.165) is 18.6 Å². The van der Waals surface area contributed by atoms with Crippen molar-refractivity contribution < 1.29 is 9.21 Å². The maximum absolute atomic E-state index is 12.0. The molecule has 2 aromatic heterocycles. The van der Waals surface area contributed by atoms with Crippen molar-refractivity contribution in [2.24, 2.45) is 0 Å². The molecule has 2 aromatic rings. The highest BCUT2D eigenvalue weighted by atomic mass is 35.5. The average Bonchev–Trinajstić information content (AvgIpc) is 2.92. The molecule has 1 amide bonds. The summed E-state index contributed by atoms with van der Waals surface area (Å²) in [6.07, 6.45) is 4.61. The monoisotopic (exact) mass is 293 g/mol. The zero-order valence-electron chi connectivity index (χ0n) is 11.1. The van der Waals surface area contributed by atoms with Crippen LogP contribution in [0, 0.1) is 0 Å². The zero-order valence-corrected chi connectivity index (χ0v) is 11.9. The van der Waals surface area contributed by atoms with E-state index in [9.17, 15) is 4.79 Å². The van der Waals surface area contributed by atoms with Crippen LogP contribution in [-0.4, -0.2) is 16.9 Å². The Labute approximate surface area is 122 Å². The molecule has 0 saturated carbocycles. The number of amides is 1. The van der Waals surface area contributed by atoms with Gasteiger partial charge in [0.1, 0.15) is 11.6 Å². The Balaban J connectivity index is 1.88. The molecule has 0 fully saturated rings. The second kappa shape index (κ2) is 6.43. The van der Waals surface area contributed by atoms with Gasteiger partial charge in [0.05, 0.1) is 16.8 Å². The Kier molecular flexibility index (Phi) is 4.63. The van der Waals surface area contributed by atoms with Crippen LogP contribution in [-0.2, 0) is 6.42 Å². The molecule has 20 heavy (non-hydrogen) atoms. The van der Waals surface area contributed by atoms with E-state index in [2.05, 4.69) is 10.3 Å². The number of carbonyl (C=O) groups excluding carboxylic acids is 1. The zero-order chi connectivity index (χ0) is 14.5. The van der Waals surface area contributed by atoms with Gasteiger partial charge in [-0.05, 0) is 31.5 Å². The fourth-order valence-corrected chi connectivity index (χ4v) is 1.93. The van der Waals surface area contributed by atoms with Crippen LogP contribution in [0.5, 0.6) is 0 Å². The van der Waals surface area contributed by atoms with Gasteiger partial charge in [0.15, 0.2) is 0 Å². The van der Waals surface area contributed by atoms with Crippen molar-refractivity contribution in [1.82, 2.24) is 10.3 Å². The molecule has 5 nitrogen and oxygen atoms in total. The smallest absolute Gasteiger partial charge is 0.253 e. The number of aryl methyl sites for hydroxylation is 1. The number of halogens is 1. The first kappa shape index (κ1) is 14.4. The van der Waals surface area contributed by atoms with Crippen LogP contribution < -0.4 is 11.1 Å². The normalized spacial score (nSPS) is 12.1. The van der Waals surface area contributed by atoms with Crippen LogP contribution in [0.2, 0.25) is 5.02 Å². The summed E-state index contributed by atoms with van der Waals surface area (Å²) in [4.78, 5) is 15.9. The van der Waals surface area contributed by atoms with E-state index in [4.69, 9.17) is 21.8 Å². The van der Waals surface area contributed by atoms with Crippen LogP contribution in [0.15, 0.2) is 35.1 Å². The van der Waals surface area contributed by atoms with Crippen LogP contribution in [0.25, 0.3) is 0 Å². The fourth-order valence-electron chi connectivity index (χ4n) is 1.77. The summed E-state index contributed by atoms with van der Waals surface area (Å²) in [6, 6.07) is 5.29. The Morgan fingerprint density at radius 1 is 1.60 bits per heavy atom. The predicted octanol–water partition coefficient (Wildman–Crippen LogP) is 2.66. The number of nitrogens with zero attached hydrogens (tertiary/aromatic N) is 1. The molecule has 0 aromatic carbocycles. The Morgan fingerprint density at radius 3 is 3.05 bits per heavy atom. The van der Waals surface area contributed by atoms with E-state index in [1.165, 1.54) is 12.3 Å². The average molecular weight is 294 g/mol. The van der Waals surface area contributed by atoms with E-state index >= 15 is 0 Å². The number of furan rings is 1. The lowest BCUT2D eigenvalue weighted by Gasteiger charge is -2.13. The molecule has 1 unspecified atom stereocenters. The van der Waals surface area contributed by atoms with E-state index in [-0.39, 0.29) is 22.8 Å². The van der Waals surface area contributed by atoms with Crippen molar-refractivity contribution in [3.05, 3.63) is 47.0 Å². The van der Waals surface area contributed by atoms with Crippen LogP contribution in [0.4, 0.5) is 5.82 Å². The molecule has 2 heterocycles. The van der Waals surface area contributed by atoms with Gasteiger partial charge < -0.3 is 15.5 Å². The van der Waals surface area contributed by atoms with Crippen molar-refractivity contribution in [3.8, 4) is 0 Å². The van der Waals surface area contributed by atoms with Crippen LogP contribution in [0.1, 0.15) is 29.5 Å². The molecule has 106 valence electrons. The molecule has 6 heteroatoms. The molecular weight excluding hydrogens is 278 g/mol. The number of nitrogen functional groups attached to an aromatic ring is 1. The van der Waals surface area contributed by atoms with E-state index in [1.54, 1.807) is 6.26 Å². The summed E-state index contributed by atoms with van der Waals surface area (Å²) in [5, 5.41) is 3.16. The standard InChI is InChI=1S/C14H16ClN3O2/c1-9(4-5-11-3-2-6-20-11)18-14(19)10-7-12(15)13(16)17-8-10/h2-3,6-9H,4-5H2,1H3,(H2,16,17)(H,18,19). The van der Waals surface area contributed by atoms with Crippen molar-refractivity contribution >= 4 is 23.3 Å². The third kappa shape index (κ3) is 3.74. The van der Waals surface area contributed by atoms with Gasteiger partial charge in [-0.2, -0.15) is 0 Å². The number of carbonyl (C=O) groups is 1. The number of rotatable bonds is 5. The third-order valence-electron chi connectivity index (χ3n) is 2.91. The highest BCUT2D eigenvalue weighted by Crippen LogP contribution is 2.16. The largest absolute Gasteiger partial charge is 0.469 e. The minimum absolute atomic E-state index is 0.0175. The van der Waals surface area contributed by atoms with Gasteiger partial charge in [-0.1, -0.05) is 11.6 Å². The van der Waals surface area contributed by atoms with Gasteiger partial charge >= 0.3 is 0 Å². The first-order valence-electron chi connectivity index (χ1n) is 6.30. The lowest BCUT2D eigenvalue weighted by Crippen LogP contribution is -2.33. The van der Waals surface area contributed by atoms with Gasteiger partial charge in [-0.3, -0.25) is 4.79 Å². The molecule has 1 atom stereocenters. The Morgan fingerprint density at radius 2 is 2.40 bits per heavy atom. The minimum atomic E-state index is -0.216. The quantitative estimate of drug-likeness (QED) is 0.888. The molecule has 0 aliphatic heterocycles. The molecule has 0 radical (unpaired) electrons. The summed E-state index contributed by atoms with van der Waals surface area (Å²) in [5.74, 6) is 0.906. The summed E-state index contributed by atoms with van der Waals surface area (Å²) >= 11 is 5.84. The Hall–Kier alpha value is -2.01. The van der Waals surface area contributed by atoms with Crippen LogP contribution >= 0.6 is 11.6 Å². The van der Waals surface area contributed by atoms with Crippen molar-refractivity contribution in [2.75, 3.05) is 5.73 Å². The number of hydrogen-bond donors (Lipinski definition) is 2. The van der Waals surface area contributed by atoms with E-state index < -0.39 is 0 Å². The molecule has 0 aliphatic rings. The highest BCUT2D eigenvalue weighted by molar-refractivity contribution is 6.33. The van der Waals surface area contributed by atoms with Crippen LogP contribution in [0.3, 0.4) is 0 Å². The summed E-state index contributed by atoms with van der Waals surface area (Å²) in [7, 11) is 0. The number of aromatic nitrogens is 1. The highest BCUT2D eigenvalue weighted by Gasteiger charge is 2.12. The van der Waals surface area contributed by atoms with E-state index in [1.807, 2.05) is 19.1 Å². The Bertz CT molecular complexity index is 584. The lowest BCUT2D eigenvalue weighted by atomic mass is 10.1. The summed E-state index contributed by atoms with van der Waals surface area (Å²) in [5.41, 5.74) is 5.90. The molecule has 0 aliphatic carbocycles. The molecule has 0 saturated heterocycles. The van der Waals surface area contributed by atoms with Gasteiger partial charge in [0, 0.05) is 18.7 Å². The van der Waals surface area contributed by atoms with Gasteiger partial charge in [0.25, 0.3) is 5.91 Å². The predicted molar refractivity (Wildman–Crippen MR) is 77.6 cm³/mol. The lowest BCUT2D eigenvalue weighted by molar-refractivity contribution is 0.0938. The van der Waals surface area contributed by atoms with Crippen molar-refractivity contribution in [3.63, 3.8) is 0 Å². The molecule has 0 bridgehead atoms. The fraction of sp³-hybridized carbons (Fsp3) is 0.286. The molecule has 0 spiro atoms. The molecule has 3 N–H and O–H groups in total. The number of pyridine rings is 1. The maximum Gasteiger partial charge on any atom is 0.253 e. The SMILES string of the molecule is CC(CCc1ccco1)NC(=O)c1cnc(N)c(Cl)c1. The second-order valence-electron chi connectivity index (χ2n) is 4.58. The third-order valence-corrected chi connectivity index (χ3v) is 3.22. The number of nitrogens with one attached hydrogen (secondary N) is 1.